The molecule has 17 heavy (non-hydrogen) atoms. The Balaban J connectivity index is 2.63. The zero-order valence-electron chi connectivity index (χ0n) is 9.63. The van der Waals surface area contributed by atoms with Gasteiger partial charge in [0.05, 0.1) is 21.2 Å². The largest absolute Gasteiger partial charge is 0.395 e. The molecule has 0 amide bonds. The highest BCUT2D eigenvalue weighted by atomic mass is 79.9. The van der Waals surface area contributed by atoms with Crippen LogP contribution in [0.5, 0.6) is 0 Å². The van der Waals surface area contributed by atoms with Crippen molar-refractivity contribution in [2.75, 3.05) is 0 Å². The Morgan fingerprint density at radius 3 is 2.71 bits per heavy atom. The molecule has 0 aliphatic carbocycles. The first kappa shape index (κ1) is 11.9. The summed E-state index contributed by atoms with van der Waals surface area (Å²) >= 11 is 3.22. The summed E-state index contributed by atoms with van der Waals surface area (Å²) < 4.78 is 0.519. The molecule has 2 aromatic rings. The predicted octanol–water partition coefficient (Wildman–Crippen LogP) is 2.85. The number of benzene rings is 1. The van der Waals surface area contributed by atoms with Gasteiger partial charge in [-0.2, -0.15) is 0 Å². The van der Waals surface area contributed by atoms with E-state index in [0.29, 0.717) is 16.0 Å². The molecular formula is C12H13BrN4. The number of nitrogens with zero attached hydrogens (tertiary/aromatic N) is 1. The Kier molecular flexibility index (Phi) is 3.02. The molecule has 1 heterocycles. The topological polar surface area (TPSA) is 78.5 Å². The van der Waals surface area contributed by atoms with E-state index in [0.717, 1.165) is 17.2 Å². The Morgan fingerprint density at radius 1 is 1.41 bits per heavy atom. The van der Waals surface area contributed by atoms with E-state index in [4.69, 9.17) is 11.1 Å². The van der Waals surface area contributed by atoms with Crippen molar-refractivity contribution < 1.29 is 0 Å². The molecule has 0 aliphatic heterocycles. The zero-order chi connectivity index (χ0) is 12.6. The number of halogens is 1. The van der Waals surface area contributed by atoms with E-state index in [1.165, 1.54) is 11.1 Å². The summed E-state index contributed by atoms with van der Waals surface area (Å²) in [5, 5.41) is 7.14. The summed E-state index contributed by atoms with van der Waals surface area (Å²) in [5.41, 5.74) is 10.6. The van der Waals surface area contributed by atoms with Gasteiger partial charge < -0.3 is 16.1 Å². The van der Waals surface area contributed by atoms with E-state index < -0.39 is 0 Å². The summed E-state index contributed by atoms with van der Waals surface area (Å²) in [5.74, 6) is 0.584. The molecular weight excluding hydrogens is 280 g/mol. The lowest BCUT2D eigenvalue weighted by Gasteiger charge is -1.97. The summed E-state index contributed by atoms with van der Waals surface area (Å²) in [7, 11) is 0. The molecule has 88 valence electrons. The van der Waals surface area contributed by atoms with Crippen molar-refractivity contribution in [1.82, 2.24) is 9.97 Å². The second kappa shape index (κ2) is 4.33. The molecule has 0 saturated heterocycles. The molecule has 1 aromatic carbocycles. The van der Waals surface area contributed by atoms with E-state index in [1.54, 1.807) is 0 Å². The molecule has 1 aromatic heterocycles. The number of aromatic amines is 1. The lowest BCUT2D eigenvalue weighted by molar-refractivity contribution is 1.24. The van der Waals surface area contributed by atoms with Crippen LogP contribution in [0.2, 0.25) is 0 Å². The van der Waals surface area contributed by atoms with Crippen molar-refractivity contribution in [1.29, 1.82) is 5.41 Å². The summed E-state index contributed by atoms with van der Waals surface area (Å²) in [4.78, 5) is 7.56. The second-order valence-electron chi connectivity index (χ2n) is 3.94. The molecule has 4 N–H and O–H groups in total. The number of imidazole rings is 1. The van der Waals surface area contributed by atoms with Gasteiger partial charge in [-0.15, -0.1) is 0 Å². The minimum Gasteiger partial charge on any atom is -0.395 e. The quantitative estimate of drug-likeness (QED) is 0.744. The van der Waals surface area contributed by atoms with Gasteiger partial charge in [-0.3, -0.25) is 0 Å². The van der Waals surface area contributed by atoms with Crippen LogP contribution in [-0.2, 0) is 0 Å². The van der Waals surface area contributed by atoms with Gasteiger partial charge in [-0.1, -0.05) is 0 Å². The highest BCUT2D eigenvalue weighted by Crippen LogP contribution is 2.21. The molecule has 0 radical (unpaired) electrons. The summed E-state index contributed by atoms with van der Waals surface area (Å²) in [6.45, 7) is 4.11. The van der Waals surface area contributed by atoms with Crippen molar-refractivity contribution in [3.05, 3.63) is 33.6 Å². The zero-order valence-corrected chi connectivity index (χ0v) is 11.2. The van der Waals surface area contributed by atoms with Gasteiger partial charge in [-0.05, 0) is 53.0 Å². The molecule has 0 atom stereocenters. The number of nitrogens with one attached hydrogen (secondary N) is 2. The lowest BCUT2D eigenvalue weighted by Crippen LogP contribution is -2.01. The highest BCUT2D eigenvalue weighted by Gasteiger charge is 2.08. The number of rotatable bonds is 2. The first-order valence-corrected chi connectivity index (χ1v) is 5.95. The van der Waals surface area contributed by atoms with Gasteiger partial charge in [-0.25, -0.2) is 4.98 Å². The van der Waals surface area contributed by atoms with Crippen molar-refractivity contribution in [2.45, 2.75) is 13.8 Å². The first-order chi connectivity index (χ1) is 8.02. The van der Waals surface area contributed by atoms with Crippen molar-refractivity contribution in [3.8, 4) is 0 Å². The molecule has 0 aliphatic rings. The molecule has 0 fully saturated rings. The van der Waals surface area contributed by atoms with Crippen LogP contribution in [-0.4, -0.2) is 16.2 Å². The number of aromatic nitrogens is 2. The van der Waals surface area contributed by atoms with Crippen LogP contribution < -0.4 is 5.73 Å². The number of hydrogen-bond donors (Lipinski definition) is 3. The van der Waals surface area contributed by atoms with Gasteiger partial charge in [0.15, 0.2) is 5.82 Å². The fourth-order valence-electron chi connectivity index (χ4n) is 1.59. The van der Waals surface area contributed by atoms with Crippen LogP contribution in [0.4, 0.5) is 0 Å². The van der Waals surface area contributed by atoms with Gasteiger partial charge in [0.1, 0.15) is 0 Å². The van der Waals surface area contributed by atoms with Crippen molar-refractivity contribution in [2.24, 2.45) is 5.73 Å². The third-order valence-electron chi connectivity index (χ3n) is 2.74. The first-order valence-electron chi connectivity index (χ1n) is 5.16. The van der Waals surface area contributed by atoms with Crippen LogP contribution in [0.25, 0.3) is 16.7 Å². The Bertz CT molecular complexity index is 586. The third-order valence-corrected chi connectivity index (χ3v) is 3.39. The van der Waals surface area contributed by atoms with Gasteiger partial charge in [0, 0.05) is 6.21 Å². The SMILES string of the molecule is Cc1cc2nc(/C(N)=C(\Br)C=N)[nH]c2cc1C. The standard InChI is InChI=1S/C12H13BrN4/c1-6-3-9-10(4-7(6)2)17-12(16-9)11(15)8(13)5-14/h3-5,14H,15H2,1-2H3,(H,16,17)/b11-8+,14-5?. The van der Waals surface area contributed by atoms with Crippen molar-refractivity contribution in [3.63, 3.8) is 0 Å². The minimum absolute atomic E-state index is 0.437. The molecule has 4 nitrogen and oxygen atoms in total. The predicted molar refractivity (Wildman–Crippen MR) is 74.4 cm³/mol. The van der Waals surface area contributed by atoms with Crippen LogP contribution in [0, 0.1) is 19.3 Å². The van der Waals surface area contributed by atoms with Crippen LogP contribution in [0.1, 0.15) is 17.0 Å². The number of H-pyrrole nitrogens is 1. The normalized spacial score (nSPS) is 12.6. The fourth-order valence-corrected chi connectivity index (χ4v) is 1.78. The van der Waals surface area contributed by atoms with Crippen molar-refractivity contribution >= 4 is 38.9 Å². The van der Waals surface area contributed by atoms with Gasteiger partial charge in [0.25, 0.3) is 0 Å². The maximum absolute atomic E-state index is 7.14. The average molecular weight is 293 g/mol. The van der Waals surface area contributed by atoms with E-state index in [9.17, 15) is 0 Å². The fraction of sp³-hybridized carbons (Fsp3) is 0.167. The number of allylic oxidation sites excluding steroid dienone is 1. The van der Waals surface area contributed by atoms with E-state index in [1.807, 2.05) is 12.1 Å². The van der Waals surface area contributed by atoms with Crippen LogP contribution in [0.3, 0.4) is 0 Å². The Morgan fingerprint density at radius 2 is 2.06 bits per heavy atom. The van der Waals surface area contributed by atoms with E-state index >= 15 is 0 Å². The van der Waals surface area contributed by atoms with E-state index in [-0.39, 0.29) is 0 Å². The number of hydrogen-bond acceptors (Lipinski definition) is 3. The number of nitrogens with two attached hydrogens (primary N) is 1. The Hall–Kier alpha value is -1.62. The maximum Gasteiger partial charge on any atom is 0.155 e. The van der Waals surface area contributed by atoms with Gasteiger partial charge in [0.2, 0.25) is 0 Å². The molecule has 2 rings (SSSR count). The summed E-state index contributed by atoms with van der Waals surface area (Å²) in [6, 6.07) is 4.07. The maximum atomic E-state index is 7.14. The minimum atomic E-state index is 0.437. The number of aryl methyl sites for hydroxylation is 2. The lowest BCUT2D eigenvalue weighted by atomic mass is 10.1. The van der Waals surface area contributed by atoms with Crippen LogP contribution in [0.15, 0.2) is 16.6 Å². The molecule has 0 spiro atoms. The molecule has 0 bridgehead atoms. The van der Waals surface area contributed by atoms with Gasteiger partial charge >= 0.3 is 0 Å². The summed E-state index contributed by atoms with van der Waals surface area (Å²) in [6.07, 6.45) is 1.15. The molecule has 5 heteroatoms. The smallest absolute Gasteiger partial charge is 0.155 e. The van der Waals surface area contributed by atoms with Crippen LogP contribution >= 0.6 is 15.9 Å². The second-order valence-corrected chi connectivity index (χ2v) is 4.80. The highest BCUT2D eigenvalue weighted by molar-refractivity contribution is 9.12. The molecule has 0 saturated carbocycles. The number of fused-ring (bicyclic) bond motifs is 1. The average Bonchev–Trinajstić information content (AvgIpc) is 2.70. The third kappa shape index (κ3) is 2.10. The molecule has 0 unspecified atom stereocenters. The monoisotopic (exact) mass is 292 g/mol. The Labute approximate surface area is 108 Å². The van der Waals surface area contributed by atoms with E-state index in [2.05, 4.69) is 39.7 Å².